The van der Waals surface area contributed by atoms with Gasteiger partial charge >= 0.3 is 11.9 Å². The molecular weight excluding hydrogens is 272 g/mol. The van der Waals surface area contributed by atoms with Gasteiger partial charge in [0.25, 0.3) is 0 Å². The van der Waals surface area contributed by atoms with Crippen molar-refractivity contribution in [2.75, 3.05) is 13.2 Å². The normalized spacial score (nSPS) is 11.9. The highest BCUT2D eigenvalue weighted by molar-refractivity contribution is 5.93. The summed E-state index contributed by atoms with van der Waals surface area (Å²) >= 11 is 0. The Kier molecular flexibility index (Phi) is 6.87. The zero-order valence-corrected chi connectivity index (χ0v) is 12.1. The third-order valence-corrected chi connectivity index (χ3v) is 2.78. The Hall–Kier alpha value is -2.43. The number of hydrogen-bond donors (Lipinski definition) is 0. The molecule has 1 rings (SSSR count). The molecule has 0 fully saturated rings. The second kappa shape index (κ2) is 8.68. The lowest BCUT2D eigenvalue weighted by Crippen LogP contribution is -2.18. The number of hydrogen-bond acceptors (Lipinski definition) is 5. The molecule has 0 aliphatic heterocycles. The third kappa shape index (κ3) is 6.03. The van der Waals surface area contributed by atoms with Gasteiger partial charge < -0.3 is 9.47 Å². The highest BCUT2D eigenvalue weighted by Gasteiger charge is 2.16. The van der Waals surface area contributed by atoms with Crippen LogP contribution in [0.4, 0.5) is 0 Å². The van der Waals surface area contributed by atoms with Crippen molar-refractivity contribution in [3.05, 3.63) is 48.0 Å². The number of rotatable bonds is 7. The van der Waals surface area contributed by atoms with Crippen LogP contribution in [-0.2, 0) is 23.9 Å². The van der Waals surface area contributed by atoms with E-state index >= 15 is 0 Å². The summed E-state index contributed by atoms with van der Waals surface area (Å²) in [5.74, 6) is -1.94. The van der Waals surface area contributed by atoms with Gasteiger partial charge in [0, 0.05) is 18.1 Å². The SMILES string of the molecule is CCOC(=O)/C=C/C(=O)OCC(=O)C(C)c1ccccc1. The van der Waals surface area contributed by atoms with Gasteiger partial charge in [0.1, 0.15) is 0 Å². The summed E-state index contributed by atoms with van der Waals surface area (Å²) < 4.78 is 9.41. The van der Waals surface area contributed by atoms with Crippen molar-refractivity contribution in [3.8, 4) is 0 Å². The first-order valence-electron chi connectivity index (χ1n) is 6.63. The third-order valence-electron chi connectivity index (χ3n) is 2.78. The molecule has 0 bridgehead atoms. The highest BCUT2D eigenvalue weighted by Crippen LogP contribution is 2.15. The number of benzene rings is 1. The maximum Gasteiger partial charge on any atom is 0.331 e. The zero-order valence-electron chi connectivity index (χ0n) is 12.1. The van der Waals surface area contributed by atoms with Gasteiger partial charge in [-0.15, -0.1) is 0 Å². The highest BCUT2D eigenvalue weighted by atomic mass is 16.5. The maximum absolute atomic E-state index is 11.9. The van der Waals surface area contributed by atoms with E-state index in [0.717, 1.165) is 17.7 Å². The molecule has 1 unspecified atom stereocenters. The molecule has 0 aromatic heterocycles. The van der Waals surface area contributed by atoms with Gasteiger partial charge in [-0.05, 0) is 12.5 Å². The van der Waals surface area contributed by atoms with E-state index in [4.69, 9.17) is 4.74 Å². The molecule has 0 N–H and O–H groups in total. The van der Waals surface area contributed by atoms with Crippen LogP contribution in [-0.4, -0.2) is 30.9 Å². The van der Waals surface area contributed by atoms with Crippen LogP contribution < -0.4 is 0 Å². The fourth-order valence-corrected chi connectivity index (χ4v) is 1.57. The Labute approximate surface area is 123 Å². The van der Waals surface area contributed by atoms with Crippen LogP contribution in [0.15, 0.2) is 42.5 Å². The van der Waals surface area contributed by atoms with E-state index in [0.29, 0.717) is 0 Å². The molecule has 0 saturated carbocycles. The number of esters is 2. The van der Waals surface area contributed by atoms with Gasteiger partial charge in [-0.1, -0.05) is 37.3 Å². The van der Waals surface area contributed by atoms with Crippen LogP contribution in [0.5, 0.6) is 0 Å². The standard InChI is InChI=1S/C16H18O5/c1-3-20-15(18)9-10-16(19)21-11-14(17)12(2)13-7-5-4-6-8-13/h4-10,12H,3,11H2,1-2H3/b10-9+. The summed E-state index contributed by atoms with van der Waals surface area (Å²) in [5, 5.41) is 0. The molecule has 1 atom stereocenters. The van der Waals surface area contributed by atoms with Gasteiger partial charge in [0.2, 0.25) is 0 Å². The first kappa shape index (κ1) is 16.6. The molecule has 0 saturated heterocycles. The van der Waals surface area contributed by atoms with E-state index < -0.39 is 11.9 Å². The number of carbonyl (C=O) groups excluding carboxylic acids is 3. The van der Waals surface area contributed by atoms with Crippen LogP contribution in [0, 0.1) is 0 Å². The molecule has 1 aromatic carbocycles. The van der Waals surface area contributed by atoms with Crippen molar-refractivity contribution in [2.24, 2.45) is 0 Å². The predicted octanol–water partition coefficient (Wildman–Crippen LogP) is 2.02. The second-order valence-corrected chi connectivity index (χ2v) is 4.29. The number of Topliss-reactive ketones (excluding diaryl/α,β-unsaturated/α-hetero) is 1. The van der Waals surface area contributed by atoms with Crippen molar-refractivity contribution >= 4 is 17.7 Å². The zero-order chi connectivity index (χ0) is 15.7. The summed E-state index contributed by atoms with van der Waals surface area (Å²) in [6, 6.07) is 9.22. The summed E-state index contributed by atoms with van der Waals surface area (Å²) in [6.07, 6.45) is 1.91. The summed E-state index contributed by atoms with van der Waals surface area (Å²) in [6.45, 7) is 3.31. The molecule has 0 aliphatic carbocycles. The molecule has 0 aliphatic rings. The number of ether oxygens (including phenoxy) is 2. The fourth-order valence-electron chi connectivity index (χ4n) is 1.57. The molecule has 0 amide bonds. The lowest BCUT2D eigenvalue weighted by molar-refractivity contribution is -0.144. The van der Waals surface area contributed by atoms with Crippen LogP contribution >= 0.6 is 0 Å². The monoisotopic (exact) mass is 290 g/mol. The minimum absolute atomic E-state index is 0.209. The Bertz CT molecular complexity index is 519. The Morgan fingerprint density at radius 2 is 1.62 bits per heavy atom. The summed E-state index contributed by atoms with van der Waals surface area (Å²) in [7, 11) is 0. The molecule has 21 heavy (non-hydrogen) atoms. The average Bonchev–Trinajstić information content (AvgIpc) is 2.51. The summed E-state index contributed by atoms with van der Waals surface area (Å²) in [4.78, 5) is 34.2. The van der Waals surface area contributed by atoms with Gasteiger partial charge in [0.05, 0.1) is 6.61 Å². The van der Waals surface area contributed by atoms with Crippen molar-refractivity contribution in [3.63, 3.8) is 0 Å². The van der Waals surface area contributed by atoms with Crippen molar-refractivity contribution in [2.45, 2.75) is 19.8 Å². The van der Waals surface area contributed by atoms with Crippen LogP contribution in [0.2, 0.25) is 0 Å². The van der Waals surface area contributed by atoms with E-state index in [1.807, 2.05) is 30.3 Å². The summed E-state index contributed by atoms with van der Waals surface area (Å²) in [5.41, 5.74) is 0.862. The van der Waals surface area contributed by atoms with Gasteiger partial charge in [-0.3, -0.25) is 4.79 Å². The maximum atomic E-state index is 11.9. The van der Waals surface area contributed by atoms with Gasteiger partial charge in [-0.25, -0.2) is 9.59 Å². The first-order valence-corrected chi connectivity index (χ1v) is 6.63. The van der Waals surface area contributed by atoms with Gasteiger partial charge in [0.15, 0.2) is 12.4 Å². The van der Waals surface area contributed by atoms with Crippen molar-refractivity contribution < 1.29 is 23.9 Å². The fraction of sp³-hybridized carbons (Fsp3) is 0.312. The lowest BCUT2D eigenvalue weighted by atomic mass is 9.97. The Balaban J connectivity index is 2.42. The Morgan fingerprint density at radius 3 is 2.19 bits per heavy atom. The van der Waals surface area contributed by atoms with Crippen LogP contribution in [0.3, 0.4) is 0 Å². The van der Waals surface area contributed by atoms with Crippen molar-refractivity contribution in [1.82, 2.24) is 0 Å². The molecule has 0 heterocycles. The van der Waals surface area contributed by atoms with Crippen LogP contribution in [0.25, 0.3) is 0 Å². The van der Waals surface area contributed by atoms with Gasteiger partial charge in [-0.2, -0.15) is 0 Å². The molecule has 0 radical (unpaired) electrons. The quantitative estimate of drug-likeness (QED) is 0.567. The second-order valence-electron chi connectivity index (χ2n) is 4.29. The largest absolute Gasteiger partial charge is 0.463 e. The molecule has 112 valence electrons. The van der Waals surface area contributed by atoms with E-state index in [-0.39, 0.29) is 24.9 Å². The Morgan fingerprint density at radius 1 is 1.05 bits per heavy atom. The lowest BCUT2D eigenvalue weighted by Gasteiger charge is -2.10. The van der Waals surface area contributed by atoms with E-state index in [9.17, 15) is 14.4 Å². The first-order chi connectivity index (χ1) is 10.0. The van der Waals surface area contributed by atoms with E-state index in [1.54, 1.807) is 13.8 Å². The average molecular weight is 290 g/mol. The van der Waals surface area contributed by atoms with Crippen LogP contribution in [0.1, 0.15) is 25.3 Å². The molecule has 0 spiro atoms. The molecule has 1 aromatic rings. The van der Waals surface area contributed by atoms with E-state index in [1.165, 1.54) is 0 Å². The molecular formula is C16H18O5. The molecule has 5 heteroatoms. The topological polar surface area (TPSA) is 69.7 Å². The predicted molar refractivity (Wildman–Crippen MR) is 76.6 cm³/mol. The number of carbonyl (C=O) groups is 3. The van der Waals surface area contributed by atoms with Crippen molar-refractivity contribution in [1.29, 1.82) is 0 Å². The van der Waals surface area contributed by atoms with E-state index in [2.05, 4.69) is 4.74 Å². The molecule has 5 nitrogen and oxygen atoms in total. The minimum atomic E-state index is -0.753. The number of ketones is 1. The smallest absolute Gasteiger partial charge is 0.331 e. The minimum Gasteiger partial charge on any atom is -0.463 e.